The third kappa shape index (κ3) is 7.26. The summed E-state index contributed by atoms with van der Waals surface area (Å²) in [7, 11) is 0. The Balaban J connectivity index is 1.50. The first kappa shape index (κ1) is 25.1. The van der Waals surface area contributed by atoms with Crippen molar-refractivity contribution in [3.63, 3.8) is 0 Å². The van der Waals surface area contributed by atoms with Crippen LogP contribution in [0.15, 0.2) is 89.5 Å². The number of rotatable bonds is 11. The van der Waals surface area contributed by atoms with E-state index in [1.807, 2.05) is 68.4 Å². The fourth-order valence-corrected chi connectivity index (χ4v) is 3.68. The van der Waals surface area contributed by atoms with Crippen LogP contribution in [0.3, 0.4) is 0 Å². The summed E-state index contributed by atoms with van der Waals surface area (Å²) in [6, 6.07) is 24.0. The van der Waals surface area contributed by atoms with Crippen LogP contribution in [0, 0.1) is 5.82 Å². The molecule has 7 heteroatoms. The number of nitrogens with one attached hydrogen (secondary N) is 1. The van der Waals surface area contributed by atoms with Gasteiger partial charge in [0.25, 0.3) is 5.91 Å². The number of carbonyl (C=O) groups is 1. The first-order valence-corrected chi connectivity index (χ1v) is 12.0. The van der Waals surface area contributed by atoms with Crippen molar-refractivity contribution < 1.29 is 18.3 Å². The molecule has 0 spiro atoms. The van der Waals surface area contributed by atoms with Crippen molar-refractivity contribution in [1.82, 2.24) is 15.2 Å². The van der Waals surface area contributed by atoms with Crippen molar-refractivity contribution in [2.45, 2.75) is 45.9 Å². The average molecular weight is 488 g/mol. The van der Waals surface area contributed by atoms with Gasteiger partial charge in [0.2, 0.25) is 5.89 Å². The van der Waals surface area contributed by atoms with E-state index in [1.165, 1.54) is 18.4 Å². The van der Waals surface area contributed by atoms with Crippen LogP contribution in [0.1, 0.15) is 47.8 Å². The second-order valence-electron chi connectivity index (χ2n) is 8.74. The highest BCUT2D eigenvalue weighted by molar-refractivity contribution is 5.92. The predicted molar refractivity (Wildman–Crippen MR) is 136 cm³/mol. The van der Waals surface area contributed by atoms with Gasteiger partial charge >= 0.3 is 0 Å². The van der Waals surface area contributed by atoms with Crippen LogP contribution < -0.4 is 10.1 Å². The van der Waals surface area contributed by atoms with E-state index >= 15 is 0 Å². The monoisotopic (exact) mass is 487 g/mol. The summed E-state index contributed by atoms with van der Waals surface area (Å²) in [6.45, 7) is 5.43. The smallest absolute Gasteiger partial charge is 0.273 e. The minimum absolute atomic E-state index is 0.0537. The van der Waals surface area contributed by atoms with Gasteiger partial charge in [0.15, 0.2) is 5.69 Å². The van der Waals surface area contributed by atoms with Crippen molar-refractivity contribution in [3.05, 3.63) is 114 Å². The van der Waals surface area contributed by atoms with E-state index in [-0.39, 0.29) is 23.5 Å². The summed E-state index contributed by atoms with van der Waals surface area (Å²) >= 11 is 0. The molecule has 1 heterocycles. The minimum Gasteiger partial charge on any atom is -0.457 e. The van der Waals surface area contributed by atoms with Gasteiger partial charge in [0, 0.05) is 19.1 Å². The lowest BCUT2D eigenvalue weighted by atomic mass is 10.1. The molecule has 186 valence electrons. The Kier molecular flexibility index (Phi) is 8.47. The molecule has 0 saturated heterocycles. The molecule has 1 amide bonds. The van der Waals surface area contributed by atoms with Crippen LogP contribution in [-0.2, 0) is 19.6 Å². The molecule has 1 atom stereocenters. The van der Waals surface area contributed by atoms with Gasteiger partial charge in [-0.1, -0.05) is 49.4 Å². The number of nitrogens with zero attached hydrogens (tertiary/aromatic N) is 2. The van der Waals surface area contributed by atoms with E-state index in [1.54, 1.807) is 12.1 Å². The molecule has 1 N–H and O–H groups in total. The summed E-state index contributed by atoms with van der Waals surface area (Å²) in [5, 5.41) is 2.90. The molecular weight excluding hydrogens is 457 g/mol. The van der Waals surface area contributed by atoms with E-state index in [0.29, 0.717) is 25.5 Å². The first-order valence-electron chi connectivity index (χ1n) is 12.0. The van der Waals surface area contributed by atoms with E-state index in [0.717, 1.165) is 29.0 Å². The molecular formula is C29H30FN3O3. The van der Waals surface area contributed by atoms with Crippen molar-refractivity contribution >= 4 is 5.91 Å². The second-order valence-corrected chi connectivity index (χ2v) is 8.74. The Morgan fingerprint density at radius 2 is 1.69 bits per heavy atom. The number of oxazole rings is 1. The first-order chi connectivity index (χ1) is 17.5. The average Bonchev–Trinajstić information content (AvgIpc) is 3.35. The van der Waals surface area contributed by atoms with Crippen molar-refractivity contribution in [2.24, 2.45) is 0 Å². The van der Waals surface area contributed by atoms with Crippen LogP contribution >= 0.6 is 0 Å². The normalized spacial score (nSPS) is 11.9. The molecule has 4 aromatic rings. The predicted octanol–water partition coefficient (Wildman–Crippen LogP) is 6.34. The third-order valence-corrected chi connectivity index (χ3v) is 5.74. The third-order valence-electron chi connectivity index (χ3n) is 5.74. The zero-order valence-electron chi connectivity index (χ0n) is 20.5. The molecule has 1 aromatic heterocycles. The lowest BCUT2D eigenvalue weighted by Crippen LogP contribution is -2.32. The number of ether oxygens (including phenoxy) is 1. The summed E-state index contributed by atoms with van der Waals surface area (Å²) in [5.74, 6) is 1.40. The quantitative estimate of drug-likeness (QED) is 0.268. The minimum atomic E-state index is -0.277. The molecule has 36 heavy (non-hydrogen) atoms. The summed E-state index contributed by atoms with van der Waals surface area (Å²) in [4.78, 5) is 18.9. The zero-order chi connectivity index (χ0) is 25.3. The van der Waals surface area contributed by atoms with Crippen molar-refractivity contribution in [3.8, 4) is 11.5 Å². The van der Waals surface area contributed by atoms with Gasteiger partial charge in [-0.25, -0.2) is 9.37 Å². The molecule has 1 unspecified atom stereocenters. The Bertz CT molecular complexity index is 1260. The van der Waals surface area contributed by atoms with Gasteiger partial charge in [-0.3, -0.25) is 9.69 Å². The number of aromatic nitrogens is 1. The van der Waals surface area contributed by atoms with E-state index in [9.17, 15) is 9.18 Å². The van der Waals surface area contributed by atoms with Gasteiger partial charge in [0.1, 0.15) is 23.6 Å². The van der Waals surface area contributed by atoms with Crippen LogP contribution in [0.25, 0.3) is 0 Å². The zero-order valence-corrected chi connectivity index (χ0v) is 20.5. The fourth-order valence-electron chi connectivity index (χ4n) is 3.68. The van der Waals surface area contributed by atoms with Gasteiger partial charge in [0.05, 0.1) is 6.54 Å². The van der Waals surface area contributed by atoms with E-state index in [2.05, 4.69) is 15.2 Å². The highest BCUT2D eigenvalue weighted by atomic mass is 19.1. The molecule has 0 bridgehead atoms. The highest BCUT2D eigenvalue weighted by Gasteiger charge is 2.17. The topological polar surface area (TPSA) is 67.6 Å². The van der Waals surface area contributed by atoms with Crippen LogP contribution in [0.2, 0.25) is 0 Å². The maximum Gasteiger partial charge on any atom is 0.273 e. The molecule has 0 aliphatic carbocycles. The van der Waals surface area contributed by atoms with E-state index < -0.39 is 0 Å². The number of halogens is 1. The van der Waals surface area contributed by atoms with Crippen molar-refractivity contribution in [1.29, 1.82) is 0 Å². The number of hydrogen-bond donors (Lipinski definition) is 1. The Morgan fingerprint density at radius 3 is 2.44 bits per heavy atom. The molecule has 3 aromatic carbocycles. The van der Waals surface area contributed by atoms with Gasteiger partial charge in [-0.05, 0) is 60.9 Å². The molecule has 4 rings (SSSR count). The summed E-state index contributed by atoms with van der Waals surface area (Å²) in [5.41, 5.74) is 2.24. The lowest BCUT2D eigenvalue weighted by molar-refractivity contribution is 0.0934. The number of benzene rings is 3. The maximum atomic E-state index is 13.4. The standard InChI is InChI=1S/C29H30FN3O3/c1-3-21(2)31-29(34)27-20-35-28(32-27)19-33(17-22-12-14-24(30)15-13-22)18-23-8-7-11-26(16-23)36-25-9-5-4-6-10-25/h4-16,20-21H,3,17-19H2,1-2H3,(H,31,34). The fraction of sp³-hybridized carbons (Fsp3) is 0.241. The second kappa shape index (κ2) is 12.1. The number of carbonyl (C=O) groups excluding carboxylic acids is 1. The molecule has 0 saturated carbocycles. The van der Waals surface area contributed by atoms with Crippen LogP contribution in [0.5, 0.6) is 11.5 Å². The van der Waals surface area contributed by atoms with Gasteiger partial charge in [-0.2, -0.15) is 0 Å². The molecule has 0 fully saturated rings. The Morgan fingerprint density at radius 1 is 0.972 bits per heavy atom. The maximum absolute atomic E-state index is 13.4. The van der Waals surface area contributed by atoms with Gasteiger partial charge < -0.3 is 14.5 Å². The Hall–Kier alpha value is -3.97. The lowest BCUT2D eigenvalue weighted by Gasteiger charge is -2.21. The van der Waals surface area contributed by atoms with Gasteiger partial charge in [-0.15, -0.1) is 0 Å². The molecule has 0 radical (unpaired) electrons. The van der Waals surface area contributed by atoms with Crippen molar-refractivity contribution in [2.75, 3.05) is 0 Å². The summed E-state index contributed by atoms with van der Waals surface area (Å²) < 4.78 is 25.1. The molecule has 6 nitrogen and oxygen atoms in total. The van der Waals surface area contributed by atoms with Crippen LogP contribution in [-0.4, -0.2) is 21.8 Å². The Labute approximate surface area is 210 Å². The largest absolute Gasteiger partial charge is 0.457 e. The molecule has 0 aliphatic heterocycles. The molecule has 0 aliphatic rings. The van der Waals surface area contributed by atoms with Crippen LogP contribution in [0.4, 0.5) is 4.39 Å². The summed E-state index contributed by atoms with van der Waals surface area (Å²) in [6.07, 6.45) is 2.21. The SMILES string of the molecule is CCC(C)NC(=O)c1coc(CN(Cc2ccc(F)cc2)Cc2cccc(Oc3ccccc3)c2)n1. The highest BCUT2D eigenvalue weighted by Crippen LogP contribution is 2.23. The number of para-hydroxylation sites is 1. The van der Waals surface area contributed by atoms with E-state index in [4.69, 9.17) is 9.15 Å². The number of amides is 1. The number of hydrogen-bond acceptors (Lipinski definition) is 5.